The van der Waals surface area contributed by atoms with Crippen LogP contribution in [0.25, 0.3) is 11.0 Å². The van der Waals surface area contributed by atoms with E-state index >= 15 is 0 Å². The number of imidazole rings is 1. The maximum atomic E-state index is 12.0. The number of para-hydroxylation sites is 2. The predicted octanol–water partition coefficient (Wildman–Crippen LogP) is 2.41. The number of aryl methyl sites for hydroxylation is 1. The Morgan fingerprint density at radius 3 is 2.59 bits per heavy atom. The van der Waals surface area contributed by atoms with Crippen molar-refractivity contribution in [2.24, 2.45) is 18.7 Å². The van der Waals surface area contributed by atoms with Crippen LogP contribution in [-0.2, 0) is 18.4 Å². The fraction of sp³-hybridized carbons (Fsp3) is 0.467. The number of halogens is 2. The summed E-state index contributed by atoms with van der Waals surface area (Å²) in [7, 11) is 1.95. The highest BCUT2D eigenvalue weighted by atomic mass is 35.5. The second kappa shape index (κ2) is 8.98. The molecule has 124 valence electrons. The molecule has 5 nitrogen and oxygen atoms in total. The van der Waals surface area contributed by atoms with Gasteiger partial charge >= 0.3 is 0 Å². The minimum absolute atomic E-state index is 0. The van der Waals surface area contributed by atoms with Gasteiger partial charge in [-0.25, -0.2) is 4.98 Å². The van der Waals surface area contributed by atoms with Crippen molar-refractivity contribution in [1.82, 2.24) is 14.9 Å². The van der Waals surface area contributed by atoms with Gasteiger partial charge in [0.25, 0.3) is 0 Å². The zero-order chi connectivity index (χ0) is 14.7. The Morgan fingerprint density at radius 1 is 1.36 bits per heavy atom. The van der Waals surface area contributed by atoms with Gasteiger partial charge in [-0.3, -0.25) is 4.79 Å². The lowest BCUT2D eigenvalue weighted by Crippen LogP contribution is -2.44. The molecule has 22 heavy (non-hydrogen) atoms. The fourth-order valence-corrected chi connectivity index (χ4v) is 2.15. The molecular weight excluding hydrogens is 323 g/mol. The van der Waals surface area contributed by atoms with Crippen LogP contribution >= 0.6 is 24.8 Å². The van der Waals surface area contributed by atoms with Crippen LogP contribution in [0.4, 0.5) is 0 Å². The summed E-state index contributed by atoms with van der Waals surface area (Å²) in [5.74, 6) is 0.887. The molecule has 2 rings (SSSR count). The van der Waals surface area contributed by atoms with E-state index < -0.39 is 6.04 Å². The molecule has 0 radical (unpaired) electrons. The molecule has 7 heteroatoms. The van der Waals surface area contributed by atoms with E-state index in [2.05, 4.69) is 10.3 Å². The Kier molecular flexibility index (Phi) is 8.45. The second-order valence-electron chi connectivity index (χ2n) is 5.20. The van der Waals surface area contributed by atoms with E-state index in [9.17, 15) is 4.79 Å². The summed E-state index contributed by atoms with van der Waals surface area (Å²) < 4.78 is 1.99. The van der Waals surface area contributed by atoms with Gasteiger partial charge in [0.2, 0.25) is 5.91 Å². The minimum Gasteiger partial charge on any atom is -0.348 e. The molecule has 2 unspecified atom stereocenters. The van der Waals surface area contributed by atoms with Crippen LogP contribution in [0.1, 0.15) is 26.1 Å². The molecule has 0 saturated carbocycles. The van der Waals surface area contributed by atoms with Crippen LogP contribution < -0.4 is 11.1 Å². The van der Waals surface area contributed by atoms with Crippen LogP contribution in [0.2, 0.25) is 0 Å². The van der Waals surface area contributed by atoms with Gasteiger partial charge in [-0.15, -0.1) is 24.8 Å². The Hall–Kier alpha value is -1.30. The van der Waals surface area contributed by atoms with Crippen molar-refractivity contribution >= 4 is 41.8 Å². The summed E-state index contributed by atoms with van der Waals surface area (Å²) in [6, 6.07) is 7.45. The number of fused-ring (bicyclic) bond motifs is 1. The van der Waals surface area contributed by atoms with E-state index in [0.29, 0.717) is 6.54 Å². The molecule has 0 fully saturated rings. The number of aromatic nitrogens is 2. The molecule has 1 aromatic heterocycles. The molecule has 0 saturated heterocycles. The number of hydrogen-bond acceptors (Lipinski definition) is 3. The molecule has 2 atom stereocenters. The number of nitrogens with two attached hydrogens (primary N) is 1. The zero-order valence-electron chi connectivity index (χ0n) is 13.1. The van der Waals surface area contributed by atoms with E-state index in [1.165, 1.54) is 0 Å². The van der Waals surface area contributed by atoms with Gasteiger partial charge in [0.05, 0.1) is 23.6 Å². The average molecular weight is 347 g/mol. The predicted molar refractivity (Wildman–Crippen MR) is 94.5 cm³/mol. The first-order valence-corrected chi connectivity index (χ1v) is 6.98. The lowest BCUT2D eigenvalue weighted by Gasteiger charge is -2.17. The van der Waals surface area contributed by atoms with E-state index in [1.807, 2.05) is 49.7 Å². The molecule has 0 bridgehead atoms. The Morgan fingerprint density at radius 2 is 2.00 bits per heavy atom. The highest BCUT2D eigenvalue weighted by Crippen LogP contribution is 2.14. The lowest BCUT2D eigenvalue weighted by atomic mass is 9.99. The van der Waals surface area contributed by atoms with Gasteiger partial charge in [0.15, 0.2) is 0 Å². The van der Waals surface area contributed by atoms with Crippen LogP contribution in [0.3, 0.4) is 0 Å². The van der Waals surface area contributed by atoms with Crippen molar-refractivity contribution in [3.8, 4) is 0 Å². The molecular formula is C15H24Cl2N4O. The molecule has 1 amide bonds. The first kappa shape index (κ1) is 20.7. The summed E-state index contributed by atoms with van der Waals surface area (Å²) in [5.41, 5.74) is 7.90. The van der Waals surface area contributed by atoms with Crippen molar-refractivity contribution in [3.63, 3.8) is 0 Å². The number of hydrogen-bond donors (Lipinski definition) is 2. The Balaban J connectivity index is 0.00000220. The average Bonchev–Trinajstić information content (AvgIpc) is 2.80. The third-order valence-corrected chi connectivity index (χ3v) is 3.86. The third kappa shape index (κ3) is 4.35. The normalized spacial score (nSPS) is 12.9. The Labute approximate surface area is 143 Å². The number of nitrogens with zero attached hydrogens (tertiary/aromatic N) is 2. The summed E-state index contributed by atoms with van der Waals surface area (Å²) in [6.07, 6.45) is 0.890. The highest BCUT2D eigenvalue weighted by molar-refractivity contribution is 5.85. The van der Waals surface area contributed by atoms with Gasteiger partial charge in [-0.05, 0) is 18.1 Å². The van der Waals surface area contributed by atoms with Crippen LogP contribution in [0, 0.1) is 5.92 Å². The smallest absolute Gasteiger partial charge is 0.237 e. The largest absolute Gasteiger partial charge is 0.348 e. The standard InChI is InChI=1S/C15H22N4O.2ClH/c1-4-10(2)14(16)15(20)17-9-13-18-11-7-5-6-8-12(11)19(13)3;;/h5-8,10,14H,4,9,16H2,1-3H3,(H,17,20);2*1H. The first-order valence-electron chi connectivity index (χ1n) is 6.98. The zero-order valence-corrected chi connectivity index (χ0v) is 14.7. The monoisotopic (exact) mass is 346 g/mol. The number of amides is 1. The van der Waals surface area contributed by atoms with Crippen molar-refractivity contribution < 1.29 is 4.79 Å². The molecule has 0 aliphatic carbocycles. The van der Waals surface area contributed by atoms with E-state index in [0.717, 1.165) is 23.3 Å². The summed E-state index contributed by atoms with van der Waals surface area (Å²) in [6.45, 7) is 4.41. The van der Waals surface area contributed by atoms with E-state index in [-0.39, 0.29) is 36.6 Å². The Bertz CT molecular complexity index is 615. The SMILES string of the molecule is CCC(C)C(N)C(=O)NCc1nc2ccccc2n1C.Cl.Cl. The quantitative estimate of drug-likeness (QED) is 0.872. The topological polar surface area (TPSA) is 72.9 Å². The van der Waals surface area contributed by atoms with E-state index in [4.69, 9.17) is 5.73 Å². The van der Waals surface area contributed by atoms with Gasteiger partial charge in [0, 0.05) is 7.05 Å². The summed E-state index contributed by atoms with van der Waals surface area (Å²) in [4.78, 5) is 16.5. The van der Waals surface area contributed by atoms with Crippen molar-refractivity contribution in [2.75, 3.05) is 0 Å². The van der Waals surface area contributed by atoms with Crippen molar-refractivity contribution in [3.05, 3.63) is 30.1 Å². The van der Waals surface area contributed by atoms with Crippen LogP contribution in [-0.4, -0.2) is 21.5 Å². The molecule has 1 aromatic carbocycles. The number of carbonyl (C=O) groups excluding carboxylic acids is 1. The van der Waals surface area contributed by atoms with Gasteiger partial charge in [-0.2, -0.15) is 0 Å². The second-order valence-corrected chi connectivity index (χ2v) is 5.20. The molecule has 2 aromatic rings. The minimum atomic E-state index is -0.463. The van der Waals surface area contributed by atoms with Crippen molar-refractivity contribution in [2.45, 2.75) is 32.9 Å². The van der Waals surface area contributed by atoms with Crippen LogP contribution in [0.15, 0.2) is 24.3 Å². The maximum Gasteiger partial charge on any atom is 0.237 e. The number of benzene rings is 1. The lowest BCUT2D eigenvalue weighted by molar-refractivity contribution is -0.123. The first-order chi connectivity index (χ1) is 9.54. The number of rotatable bonds is 5. The van der Waals surface area contributed by atoms with Gasteiger partial charge in [-0.1, -0.05) is 32.4 Å². The van der Waals surface area contributed by atoms with Crippen molar-refractivity contribution in [1.29, 1.82) is 0 Å². The molecule has 0 spiro atoms. The third-order valence-electron chi connectivity index (χ3n) is 3.86. The maximum absolute atomic E-state index is 12.0. The fourth-order valence-electron chi connectivity index (χ4n) is 2.15. The molecule has 3 N–H and O–H groups in total. The number of nitrogens with one attached hydrogen (secondary N) is 1. The summed E-state index contributed by atoms with van der Waals surface area (Å²) >= 11 is 0. The summed E-state index contributed by atoms with van der Waals surface area (Å²) in [5, 5.41) is 2.87. The van der Waals surface area contributed by atoms with E-state index in [1.54, 1.807) is 0 Å². The molecule has 0 aliphatic rings. The van der Waals surface area contributed by atoms with Gasteiger partial charge in [0.1, 0.15) is 5.82 Å². The van der Waals surface area contributed by atoms with Gasteiger partial charge < -0.3 is 15.6 Å². The van der Waals surface area contributed by atoms with Crippen LogP contribution in [0.5, 0.6) is 0 Å². The molecule has 0 aliphatic heterocycles. The number of carbonyl (C=O) groups is 1. The molecule has 1 heterocycles. The highest BCUT2D eigenvalue weighted by Gasteiger charge is 2.19.